The van der Waals surface area contributed by atoms with Crippen molar-refractivity contribution < 1.29 is 14.3 Å². The van der Waals surface area contributed by atoms with Gasteiger partial charge in [-0.1, -0.05) is 24.6 Å². The summed E-state index contributed by atoms with van der Waals surface area (Å²) in [6.45, 7) is 4.58. The van der Waals surface area contributed by atoms with Gasteiger partial charge in [0.15, 0.2) is 6.10 Å². The molecule has 0 radical (unpaired) electrons. The summed E-state index contributed by atoms with van der Waals surface area (Å²) >= 11 is 6.14. The maximum absolute atomic E-state index is 11.7. The van der Waals surface area contributed by atoms with Crippen molar-refractivity contribution in [3.8, 4) is 5.75 Å². The first-order valence-electron chi connectivity index (χ1n) is 6.39. The van der Waals surface area contributed by atoms with Crippen LogP contribution < -0.4 is 10.1 Å². The fourth-order valence-electron chi connectivity index (χ4n) is 1.68. The molecule has 1 aromatic carbocycles. The fraction of sp³-hybridized carbons (Fsp3) is 0.500. The molecule has 5 heteroatoms. The number of hydrogen-bond donors (Lipinski definition) is 1. The Morgan fingerprint density at radius 2 is 2.16 bits per heavy atom. The first-order valence-corrected chi connectivity index (χ1v) is 6.77. The maximum atomic E-state index is 11.7. The quantitative estimate of drug-likeness (QED) is 0.783. The summed E-state index contributed by atoms with van der Waals surface area (Å²) in [7, 11) is 1.83. The highest BCUT2D eigenvalue weighted by atomic mass is 35.5. The van der Waals surface area contributed by atoms with Gasteiger partial charge in [0.05, 0.1) is 6.61 Å². The van der Waals surface area contributed by atoms with Gasteiger partial charge in [0.25, 0.3) is 0 Å². The zero-order chi connectivity index (χ0) is 14.3. The highest BCUT2D eigenvalue weighted by Crippen LogP contribution is 2.27. The Hall–Kier alpha value is -1.26. The maximum Gasteiger partial charge on any atom is 0.347 e. The first-order chi connectivity index (χ1) is 9.13. The molecule has 1 rings (SSSR count). The zero-order valence-corrected chi connectivity index (χ0v) is 12.3. The summed E-state index contributed by atoms with van der Waals surface area (Å²) in [6.07, 6.45) is -0.0568. The number of halogens is 1. The van der Waals surface area contributed by atoms with Crippen molar-refractivity contribution in [3.05, 3.63) is 28.8 Å². The molecule has 1 aromatic rings. The third-order valence-electron chi connectivity index (χ3n) is 2.62. The second-order valence-electron chi connectivity index (χ2n) is 4.01. The Morgan fingerprint density at radius 1 is 1.42 bits per heavy atom. The predicted octanol–water partition coefficient (Wildman–Crippen LogP) is 2.78. The first kappa shape index (κ1) is 15.8. The fourth-order valence-corrected chi connectivity index (χ4v) is 1.92. The molecule has 0 aliphatic carbocycles. The summed E-state index contributed by atoms with van der Waals surface area (Å²) in [5.41, 5.74) is 0.842. The Bertz CT molecular complexity index is 423. The minimum atomic E-state index is -0.603. The van der Waals surface area contributed by atoms with Crippen LogP contribution in [-0.2, 0) is 16.1 Å². The predicted molar refractivity (Wildman–Crippen MR) is 75.6 cm³/mol. The van der Waals surface area contributed by atoms with E-state index < -0.39 is 6.10 Å². The normalized spacial score (nSPS) is 12.0. The van der Waals surface area contributed by atoms with Crippen molar-refractivity contribution in [2.45, 2.75) is 32.9 Å². The molecule has 4 nitrogen and oxygen atoms in total. The van der Waals surface area contributed by atoms with Crippen LogP contribution in [0.4, 0.5) is 0 Å². The molecule has 1 unspecified atom stereocenters. The van der Waals surface area contributed by atoms with Crippen LogP contribution in [0.5, 0.6) is 5.75 Å². The summed E-state index contributed by atoms with van der Waals surface area (Å²) in [6, 6.07) is 5.40. The van der Waals surface area contributed by atoms with Crippen LogP contribution in [0.1, 0.15) is 25.8 Å². The molecule has 0 saturated carbocycles. The molecule has 0 fully saturated rings. The number of nitrogens with one attached hydrogen (secondary N) is 1. The van der Waals surface area contributed by atoms with Crippen LogP contribution in [0.2, 0.25) is 5.02 Å². The molecule has 1 N–H and O–H groups in total. The van der Waals surface area contributed by atoms with Gasteiger partial charge in [-0.05, 0) is 32.5 Å². The highest BCUT2D eigenvalue weighted by molar-refractivity contribution is 6.31. The lowest BCUT2D eigenvalue weighted by atomic mass is 10.2. The average Bonchev–Trinajstić information content (AvgIpc) is 2.39. The SMILES string of the molecule is CCOC(=O)C(CC)Oc1cccc(Cl)c1CNC. The highest BCUT2D eigenvalue weighted by Gasteiger charge is 2.21. The van der Waals surface area contributed by atoms with E-state index in [0.717, 1.165) is 5.56 Å². The molecule has 1 atom stereocenters. The molecule has 19 heavy (non-hydrogen) atoms. The van der Waals surface area contributed by atoms with Crippen LogP contribution in [0.3, 0.4) is 0 Å². The third kappa shape index (κ3) is 4.40. The molecule has 106 valence electrons. The molecular weight excluding hydrogens is 266 g/mol. The van der Waals surface area contributed by atoms with Gasteiger partial charge in [0, 0.05) is 17.1 Å². The zero-order valence-electron chi connectivity index (χ0n) is 11.5. The van der Waals surface area contributed by atoms with Gasteiger partial charge in [0.1, 0.15) is 5.75 Å². The van der Waals surface area contributed by atoms with Gasteiger partial charge >= 0.3 is 5.97 Å². The topological polar surface area (TPSA) is 47.6 Å². The van der Waals surface area contributed by atoms with Crippen LogP contribution in [-0.4, -0.2) is 25.7 Å². The number of rotatable bonds is 7. The van der Waals surface area contributed by atoms with E-state index in [9.17, 15) is 4.79 Å². The van der Waals surface area contributed by atoms with E-state index >= 15 is 0 Å². The average molecular weight is 286 g/mol. The molecule has 0 spiro atoms. The number of benzene rings is 1. The molecule has 0 bridgehead atoms. The molecule has 0 amide bonds. The van der Waals surface area contributed by atoms with Gasteiger partial charge < -0.3 is 14.8 Å². The molecule has 0 saturated heterocycles. The second kappa shape index (κ2) is 8.02. The smallest absolute Gasteiger partial charge is 0.347 e. The minimum Gasteiger partial charge on any atom is -0.478 e. The van der Waals surface area contributed by atoms with E-state index in [1.807, 2.05) is 14.0 Å². The van der Waals surface area contributed by atoms with Gasteiger partial charge in [-0.3, -0.25) is 0 Å². The van der Waals surface area contributed by atoms with Gasteiger partial charge in [-0.25, -0.2) is 4.79 Å². The van der Waals surface area contributed by atoms with Crippen molar-refractivity contribution in [2.75, 3.05) is 13.7 Å². The van der Waals surface area contributed by atoms with Gasteiger partial charge in [-0.2, -0.15) is 0 Å². The van der Waals surface area contributed by atoms with Gasteiger partial charge in [-0.15, -0.1) is 0 Å². The molecular formula is C14H20ClNO3. The van der Waals surface area contributed by atoms with E-state index in [-0.39, 0.29) is 5.97 Å². The molecule has 0 aromatic heterocycles. The van der Waals surface area contributed by atoms with E-state index in [1.165, 1.54) is 0 Å². The van der Waals surface area contributed by atoms with Gasteiger partial charge in [0.2, 0.25) is 0 Å². The Kier molecular flexibility index (Phi) is 6.67. The van der Waals surface area contributed by atoms with E-state index in [0.29, 0.717) is 30.3 Å². The van der Waals surface area contributed by atoms with Crippen LogP contribution in [0.15, 0.2) is 18.2 Å². The van der Waals surface area contributed by atoms with E-state index in [4.69, 9.17) is 21.1 Å². The summed E-state index contributed by atoms with van der Waals surface area (Å²) in [5, 5.41) is 3.65. The molecule has 0 aliphatic heterocycles. The van der Waals surface area contributed by atoms with Crippen LogP contribution in [0, 0.1) is 0 Å². The number of carbonyl (C=O) groups excluding carboxylic acids is 1. The van der Waals surface area contributed by atoms with Crippen molar-refractivity contribution >= 4 is 17.6 Å². The Balaban J connectivity index is 2.90. The number of hydrogen-bond acceptors (Lipinski definition) is 4. The number of esters is 1. The van der Waals surface area contributed by atoms with E-state index in [2.05, 4.69) is 5.32 Å². The monoisotopic (exact) mass is 285 g/mol. The Labute approximate surface area is 119 Å². The lowest BCUT2D eigenvalue weighted by Gasteiger charge is -2.19. The molecule has 0 aliphatic rings. The van der Waals surface area contributed by atoms with Crippen molar-refractivity contribution in [3.63, 3.8) is 0 Å². The number of carbonyl (C=O) groups is 1. The summed E-state index contributed by atoms with van der Waals surface area (Å²) in [4.78, 5) is 11.7. The van der Waals surface area contributed by atoms with Crippen molar-refractivity contribution in [1.29, 1.82) is 0 Å². The molecule has 0 heterocycles. The van der Waals surface area contributed by atoms with Crippen molar-refractivity contribution in [1.82, 2.24) is 5.32 Å². The lowest BCUT2D eigenvalue weighted by molar-refractivity contribution is -0.151. The largest absolute Gasteiger partial charge is 0.478 e. The minimum absolute atomic E-state index is 0.345. The van der Waals surface area contributed by atoms with E-state index in [1.54, 1.807) is 25.1 Å². The van der Waals surface area contributed by atoms with Crippen molar-refractivity contribution in [2.24, 2.45) is 0 Å². The standard InChI is InChI=1S/C14H20ClNO3/c1-4-12(14(17)18-5-2)19-13-8-6-7-11(15)10(13)9-16-3/h6-8,12,16H,4-5,9H2,1-3H3. The lowest BCUT2D eigenvalue weighted by Crippen LogP contribution is -2.29. The second-order valence-corrected chi connectivity index (χ2v) is 4.42. The number of ether oxygens (including phenoxy) is 2. The van der Waals surface area contributed by atoms with Crippen LogP contribution >= 0.6 is 11.6 Å². The summed E-state index contributed by atoms with van der Waals surface area (Å²) in [5.74, 6) is 0.266. The Morgan fingerprint density at radius 3 is 2.74 bits per heavy atom. The third-order valence-corrected chi connectivity index (χ3v) is 2.97. The van der Waals surface area contributed by atoms with Crippen LogP contribution in [0.25, 0.3) is 0 Å². The summed E-state index contributed by atoms with van der Waals surface area (Å²) < 4.78 is 10.7.